The molecule has 0 aliphatic heterocycles. The third kappa shape index (κ3) is 4.91. The molecule has 1 heterocycles. The minimum absolute atomic E-state index is 0.476. The van der Waals surface area contributed by atoms with E-state index in [9.17, 15) is 0 Å². The molecule has 0 saturated heterocycles. The number of rotatable bonds is 6. The smallest absolute Gasteiger partial charge is 0.151 e. The van der Waals surface area contributed by atoms with E-state index >= 15 is 0 Å². The molecule has 1 aliphatic rings. The normalized spacial score (nSPS) is 17.9. The van der Waals surface area contributed by atoms with Crippen LogP contribution >= 0.6 is 0 Å². The Kier molecular flexibility index (Phi) is 6.05. The number of aromatic nitrogens is 1. The zero-order valence-corrected chi connectivity index (χ0v) is 13.2. The van der Waals surface area contributed by atoms with Crippen LogP contribution in [0, 0.1) is 0 Å². The van der Waals surface area contributed by atoms with Crippen molar-refractivity contribution in [3.8, 4) is 0 Å². The SMILES string of the molecule is CC(C)NCc1cc(CN(C)C2CCCCCC2)on1. The summed E-state index contributed by atoms with van der Waals surface area (Å²) in [4.78, 5) is 2.44. The zero-order chi connectivity index (χ0) is 14.4. The van der Waals surface area contributed by atoms with E-state index in [1.54, 1.807) is 0 Å². The van der Waals surface area contributed by atoms with Gasteiger partial charge >= 0.3 is 0 Å². The van der Waals surface area contributed by atoms with Gasteiger partial charge in [0.25, 0.3) is 0 Å². The van der Waals surface area contributed by atoms with Crippen LogP contribution in [0.15, 0.2) is 10.6 Å². The van der Waals surface area contributed by atoms with Gasteiger partial charge in [0, 0.05) is 24.7 Å². The summed E-state index contributed by atoms with van der Waals surface area (Å²) in [6, 6.07) is 3.27. The molecule has 0 radical (unpaired) electrons. The summed E-state index contributed by atoms with van der Waals surface area (Å²) in [6.07, 6.45) is 8.19. The molecule has 1 aliphatic carbocycles. The molecule has 1 saturated carbocycles. The Morgan fingerprint density at radius 3 is 2.65 bits per heavy atom. The van der Waals surface area contributed by atoms with Crippen molar-refractivity contribution >= 4 is 0 Å². The molecule has 114 valence electrons. The average Bonchev–Trinajstić information content (AvgIpc) is 2.68. The van der Waals surface area contributed by atoms with Crippen molar-refractivity contribution in [3.63, 3.8) is 0 Å². The third-order valence-electron chi connectivity index (χ3n) is 4.15. The highest BCUT2D eigenvalue weighted by atomic mass is 16.5. The van der Waals surface area contributed by atoms with E-state index in [1.165, 1.54) is 38.5 Å². The summed E-state index contributed by atoms with van der Waals surface area (Å²) >= 11 is 0. The Morgan fingerprint density at radius 2 is 2.00 bits per heavy atom. The second kappa shape index (κ2) is 7.79. The lowest BCUT2D eigenvalue weighted by Crippen LogP contribution is -2.30. The Balaban J connectivity index is 1.82. The van der Waals surface area contributed by atoms with Crippen molar-refractivity contribution in [1.29, 1.82) is 0 Å². The van der Waals surface area contributed by atoms with E-state index < -0.39 is 0 Å². The van der Waals surface area contributed by atoms with Crippen LogP contribution in [-0.4, -0.2) is 29.2 Å². The summed E-state index contributed by atoms with van der Waals surface area (Å²) in [5, 5.41) is 7.50. The molecule has 0 amide bonds. The number of hydrogen-bond donors (Lipinski definition) is 1. The van der Waals surface area contributed by atoms with Crippen molar-refractivity contribution < 1.29 is 4.52 Å². The molecule has 0 spiro atoms. The largest absolute Gasteiger partial charge is 0.360 e. The highest BCUT2D eigenvalue weighted by Gasteiger charge is 2.18. The summed E-state index contributed by atoms with van der Waals surface area (Å²) in [5.41, 5.74) is 1.00. The Bertz CT molecular complexity index is 381. The zero-order valence-electron chi connectivity index (χ0n) is 13.2. The highest BCUT2D eigenvalue weighted by molar-refractivity contribution is 5.05. The van der Waals surface area contributed by atoms with Crippen molar-refractivity contribution in [2.75, 3.05) is 7.05 Å². The topological polar surface area (TPSA) is 41.3 Å². The maximum atomic E-state index is 5.46. The monoisotopic (exact) mass is 279 g/mol. The molecule has 1 N–H and O–H groups in total. The van der Waals surface area contributed by atoms with Crippen LogP contribution in [0.5, 0.6) is 0 Å². The lowest BCUT2D eigenvalue weighted by Gasteiger charge is -2.25. The van der Waals surface area contributed by atoms with Gasteiger partial charge in [0.05, 0.1) is 12.2 Å². The Labute approximate surface area is 122 Å². The number of hydrogen-bond acceptors (Lipinski definition) is 4. The van der Waals surface area contributed by atoms with Crippen molar-refractivity contribution in [2.24, 2.45) is 0 Å². The molecule has 1 aromatic rings. The maximum Gasteiger partial charge on any atom is 0.151 e. The van der Waals surface area contributed by atoms with E-state index in [2.05, 4.69) is 42.3 Å². The second-order valence-electron chi connectivity index (χ2n) is 6.38. The van der Waals surface area contributed by atoms with Gasteiger partial charge < -0.3 is 9.84 Å². The van der Waals surface area contributed by atoms with Crippen LogP contribution in [0.3, 0.4) is 0 Å². The van der Waals surface area contributed by atoms with E-state index in [-0.39, 0.29) is 0 Å². The quantitative estimate of drug-likeness (QED) is 0.811. The van der Waals surface area contributed by atoms with Crippen molar-refractivity contribution in [3.05, 3.63) is 17.5 Å². The van der Waals surface area contributed by atoms with Gasteiger partial charge in [-0.05, 0) is 19.9 Å². The molecule has 1 fully saturated rings. The molecular formula is C16H29N3O. The molecule has 0 unspecified atom stereocenters. The van der Waals surface area contributed by atoms with Crippen molar-refractivity contribution in [1.82, 2.24) is 15.4 Å². The first-order chi connectivity index (χ1) is 9.65. The molecular weight excluding hydrogens is 250 g/mol. The average molecular weight is 279 g/mol. The van der Waals surface area contributed by atoms with Gasteiger partial charge in [-0.2, -0.15) is 0 Å². The fraction of sp³-hybridized carbons (Fsp3) is 0.812. The van der Waals surface area contributed by atoms with E-state index in [0.717, 1.165) is 24.5 Å². The molecule has 4 heteroatoms. The molecule has 20 heavy (non-hydrogen) atoms. The van der Waals surface area contributed by atoms with Crippen LogP contribution < -0.4 is 5.32 Å². The fourth-order valence-electron chi connectivity index (χ4n) is 2.90. The molecule has 2 rings (SSSR count). The van der Waals surface area contributed by atoms with Crippen LogP contribution in [0.2, 0.25) is 0 Å². The van der Waals surface area contributed by atoms with E-state index in [4.69, 9.17) is 4.52 Å². The summed E-state index contributed by atoms with van der Waals surface area (Å²) in [5.74, 6) is 0.984. The summed E-state index contributed by atoms with van der Waals surface area (Å²) < 4.78 is 5.46. The highest BCUT2D eigenvalue weighted by Crippen LogP contribution is 2.22. The molecule has 0 atom stereocenters. The predicted octanol–water partition coefficient (Wildman–Crippen LogP) is 3.33. The predicted molar refractivity (Wildman–Crippen MR) is 81.4 cm³/mol. The first kappa shape index (κ1) is 15.5. The molecule has 0 aromatic carbocycles. The number of nitrogens with one attached hydrogen (secondary N) is 1. The first-order valence-corrected chi connectivity index (χ1v) is 8.03. The maximum absolute atomic E-state index is 5.46. The minimum atomic E-state index is 0.476. The summed E-state index contributed by atoms with van der Waals surface area (Å²) in [6.45, 7) is 5.94. The standard InChI is InChI=1S/C16H29N3O/c1-13(2)17-11-14-10-16(20-18-14)12-19(3)15-8-6-4-5-7-9-15/h10,13,15,17H,4-9,11-12H2,1-3H3. The van der Waals surface area contributed by atoms with Crippen LogP contribution in [-0.2, 0) is 13.1 Å². The fourth-order valence-corrected chi connectivity index (χ4v) is 2.90. The van der Waals surface area contributed by atoms with E-state index in [1.807, 2.05) is 0 Å². The summed E-state index contributed by atoms with van der Waals surface area (Å²) in [7, 11) is 2.21. The van der Waals surface area contributed by atoms with Crippen molar-refractivity contribution in [2.45, 2.75) is 77.5 Å². The van der Waals surface area contributed by atoms with Gasteiger partial charge in [0.1, 0.15) is 0 Å². The molecule has 4 nitrogen and oxygen atoms in total. The second-order valence-corrected chi connectivity index (χ2v) is 6.38. The molecule has 1 aromatic heterocycles. The molecule has 0 bridgehead atoms. The number of nitrogens with zero attached hydrogens (tertiary/aromatic N) is 2. The van der Waals surface area contributed by atoms with Gasteiger partial charge in [0.2, 0.25) is 0 Å². The first-order valence-electron chi connectivity index (χ1n) is 8.03. The lowest BCUT2D eigenvalue weighted by atomic mass is 10.1. The van der Waals surface area contributed by atoms with Gasteiger partial charge in [-0.15, -0.1) is 0 Å². The Hall–Kier alpha value is -0.870. The third-order valence-corrected chi connectivity index (χ3v) is 4.15. The van der Waals surface area contributed by atoms with Gasteiger partial charge in [-0.1, -0.05) is 44.7 Å². The van der Waals surface area contributed by atoms with E-state index in [0.29, 0.717) is 12.1 Å². The van der Waals surface area contributed by atoms with Gasteiger partial charge in [0.15, 0.2) is 5.76 Å². The van der Waals surface area contributed by atoms with Gasteiger partial charge in [-0.3, -0.25) is 4.90 Å². The Morgan fingerprint density at radius 1 is 1.30 bits per heavy atom. The minimum Gasteiger partial charge on any atom is -0.360 e. The van der Waals surface area contributed by atoms with Crippen LogP contribution in [0.1, 0.15) is 63.8 Å². The van der Waals surface area contributed by atoms with Crippen LogP contribution in [0.25, 0.3) is 0 Å². The lowest BCUT2D eigenvalue weighted by molar-refractivity contribution is 0.190. The van der Waals surface area contributed by atoms with Gasteiger partial charge in [-0.25, -0.2) is 0 Å². The van der Waals surface area contributed by atoms with Crippen LogP contribution in [0.4, 0.5) is 0 Å².